The fourth-order valence-corrected chi connectivity index (χ4v) is 5.54. The zero-order valence-corrected chi connectivity index (χ0v) is 22.2. The molecule has 4 aromatic rings. The van der Waals surface area contributed by atoms with Crippen molar-refractivity contribution in [3.8, 4) is 11.1 Å². The summed E-state index contributed by atoms with van der Waals surface area (Å²) in [5, 5.41) is 3.78. The first-order valence-electron chi connectivity index (χ1n) is 13.3. The van der Waals surface area contributed by atoms with Crippen LogP contribution in [-0.2, 0) is 36.8 Å². The number of carbonyl (C=O) groups is 1. The van der Waals surface area contributed by atoms with Crippen molar-refractivity contribution in [3.63, 3.8) is 0 Å². The molecular formula is C30H27F5N4O2. The summed E-state index contributed by atoms with van der Waals surface area (Å²) in [4.78, 5) is 33.4. The van der Waals surface area contributed by atoms with Gasteiger partial charge < -0.3 is 4.98 Å². The highest BCUT2D eigenvalue weighted by atomic mass is 19.4. The molecule has 1 N–H and O–H groups in total. The first-order chi connectivity index (χ1) is 19.5. The molecule has 214 valence electrons. The summed E-state index contributed by atoms with van der Waals surface area (Å²) < 4.78 is 70.3. The van der Waals surface area contributed by atoms with Crippen molar-refractivity contribution in [1.82, 2.24) is 19.7 Å². The predicted octanol–water partition coefficient (Wildman–Crippen LogP) is 6.10. The molecule has 0 radical (unpaired) electrons. The van der Waals surface area contributed by atoms with Gasteiger partial charge in [-0.2, -0.15) is 18.3 Å². The lowest BCUT2D eigenvalue weighted by Crippen LogP contribution is -2.22. The fourth-order valence-electron chi connectivity index (χ4n) is 5.54. The van der Waals surface area contributed by atoms with Gasteiger partial charge >= 0.3 is 6.18 Å². The normalized spacial score (nSPS) is 14.1. The second-order valence-electron chi connectivity index (χ2n) is 10.4. The van der Waals surface area contributed by atoms with Crippen LogP contribution >= 0.6 is 0 Å². The first-order valence-corrected chi connectivity index (χ1v) is 13.3. The highest BCUT2D eigenvalue weighted by molar-refractivity contribution is 5.80. The highest BCUT2D eigenvalue weighted by Gasteiger charge is 2.39. The first kappa shape index (κ1) is 28.4. The number of nitrogens with zero attached hydrogens (tertiary/aromatic N) is 3. The molecule has 6 nitrogen and oxygen atoms in total. The van der Waals surface area contributed by atoms with Gasteiger partial charge in [0.2, 0.25) is 0 Å². The van der Waals surface area contributed by atoms with Gasteiger partial charge in [-0.25, -0.2) is 13.8 Å². The van der Waals surface area contributed by atoms with E-state index in [9.17, 15) is 31.5 Å². The molecule has 1 atom stereocenters. The minimum absolute atomic E-state index is 0.0409. The lowest BCUT2D eigenvalue weighted by atomic mass is 9.87. The monoisotopic (exact) mass is 570 g/mol. The Hall–Kier alpha value is -4.15. The van der Waals surface area contributed by atoms with Crippen LogP contribution in [0.5, 0.6) is 0 Å². The van der Waals surface area contributed by atoms with Crippen LogP contribution in [0, 0.1) is 18.6 Å². The number of alkyl halides is 3. The SMILES string of the molecule is Cc1ccc(-c2c([C@@H](CC(=O)Cn3nc(C(F)(F)F)c4c3CCCC4)Cc3cc(F)cc(F)c3)nc[nH]c2=O)cc1. The third kappa shape index (κ3) is 6.28. The fraction of sp³-hybridized carbons (Fsp3) is 0.333. The molecular weight excluding hydrogens is 543 g/mol. The van der Waals surface area contributed by atoms with Crippen LogP contribution in [-0.4, -0.2) is 25.5 Å². The van der Waals surface area contributed by atoms with Crippen LogP contribution in [0.2, 0.25) is 0 Å². The number of fused-ring (bicyclic) bond motifs is 1. The third-order valence-corrected chi connectivity index (χ3v) is 7.34. The Labute approximate surface area is 232 Å². The Balaban J connectivity index is 1.52. The number of benzene rings is 2. The van der Waals surface area contributed by atoms with Gasteiger partial charge in [-0.1, -0.05) is 29.8 Å². The van der Waals surface area contributed by atoms with Crippen molar-refractivity contribution < 1.29 is 26.7 Å². The molecule has 2 aromatic carbocycles. The Morgan fingerprint density at radius 1 is 1.05 bits per heavy atom. The van der Waals surface area contributed by atoms with E-state index in [0.717, 1.165) is 28.4 Å². The Morgan fingerprint density at radius 2 is 1.73 bits per heavy atom. The smallest absolute Gasteiger partial charge is 0.313 e. The predicted molar refractivity (Wildman–Crippen MR) is 141 cm³/mol. The lowest BCUT2D eigenvalue weighted by Gasteiger charge is -2.20. The molecule has 1 aliphatic carbocycles. The second-order valence-corrected chi connectivity index (χ2v) is 10.4. The molecule has 11 heteroatoms. The van der Waals surface area contributed by atoms with E-state index < -0.39 is 47.3 Å². The summed E-state index contributed by atoms with van der Waals surface area (Å²) in [6.07, 6.45) is -1.82. The number of halogens is 5. The summed E-state index contributed by atoms with van der Waals surface area (Å²) in [5.74, 6) is -2.86. The van der Waals surface area contributed by atoms with Gasteiger partial charge in [0.1, 0.15) is 11.6 Å². The second kappa shape index (κ2) is 11.4. The number of hydrogen-bond donors (Lipinski definition) is 1. The molecule has 0 fully saturated rings. The van der Waals surface area contributed by atoms with Gasteiger partial charge in [0.05, 0.1) is 24.1 Å². The molecule has 0 aliphatic heterocycles. The molecule has 2 heterocycles. The maximum absolute atomic E-state index is 14.1. The summed E-state index contributed by atoms with van der Waals surface area (Å²) >= 11 is 0. The van der Waals surface area contributed by atoms with E-state index >= 15 is 0 Å². The molecule has 0 bridgehead atoms. The number of rotatable bonds is 8. The summed E-state index contributed by atoms with van der Waals surface area (Å²) in [5.41, 5.74) is 1.29. The van der Waals surface area contributed by atoms with E-state index in [4.69, 9.17) is 0 Å². The number of Topliss-reactive ketones (excluding diaryl/α,β-unsaturated/α-hetero) is 1. The van der Waals surface area contributed by atoms with Gasteiger partial charge in [0.25, 0.3) is 5.56 Å². The molecule has 41 heavy (non-hydrogen) atoms. The standard InChI is InChI=1S/C30H27F5N4O2/c1-17-6-8-19(9-7-17)26-27(36-16-37-29(26)41)20(10-18-11-21(31)14-22(32)12-18)13-23(40)15-39-25-5-3-2-4-24(25)28(38-39)30(33,34)35/h6-9,11-12,14,16,20H,2-5,10,13,15H2,1H3,(H,36,37,41)/t20-/m1/s1. The van der Waals surface area contributed by atoms with Crippen molar-refractivity contribution in [2.75, 3.05) is 0 Å². The van der Waals surface area contributed by atoms with E-state index in [-0.39, 0.29) is 41.6 Å². The zero-order chi connectivity index (χ0) is 29.3. The molecule has 0 amide bonds. The number of aromatic amines is 1. The van der Waals surface area contributed by atoms with E-state index in [1.54, 1.807) is 12.1 Å². The summed E-state index contributed by atoms with van der Waals surface area (Å²) in [6.45, 7) is 1.48. The van der Waals surface area contributed by atoms with Crippen LogP contribution < -0.4 is 5.56 Å². The number of H-pyrrole nitrogens is 1. The number of aromatic nitrogens is 4. The van der Waals surface area contributed by atoms with Crippen molar-refractivity contribution in [2.24, 2.45) is 0 Å². The lowest BCUT2D eigenvalue weighted by molar-refractivity contribution is -0.142. The third-order valence-electron chi connectivity index (χ3n) is 7.34. The van der Waals surface area contributed by atoms with E-state index in [1.165, 1.54) is 6.33 Å². The summed E-state index contributed by atoms with van der Waals surface area (Å²) in [6, 6.07) is 10.1. The molecule has 5 rings (SSSR count). The van der Waals surface area contributed by atoms with Crippen molar-refractivity contribution in [1.29, 1.82) is 0 Å². The minimum atomic E-state index is -4.64. The van der Waals surface area contributed by atoms with Gasteiger partial charge in [-0.05, 0) is 62.3 Å². The topological polar surface area (TPSA) is 80.6 Å². The van der Waals surface area contributed by atoms with Gasteiger partial charge in [-0.15, -0.1) is 0 Å². The van der Waals surface area contributed by atoms with Crippen LogP contribution in [0.4, 0.5) is 22.0 Å². The van der Waals surface area contributed by atoms with Crippen LogP contribution in [0.1, 0.15) is 59.0 Å². The Bertz CT molecular complexity index is 1620. The number of nitrogens with one attached hydrogen (secondary N) is 1. The number of carbonyl (C=O) groups excluding carboxylic acids is 1. The average molecular weight is 571 g/mol. The maximum Gasteiger partial charge on any atom is 0.435 e. The van der Waals surface area contributed by atoms with Crippen molar-refractivity contribution in [3.05, 3.63) is 105 Å². The molecule has 0 saturated heterocycles. The molecule has 0 spiro atoms. The highest BCUT2D eigenvalue weighted by Crippen LogP contribution is 2.36. The van der Waals surface area contributed by atoms with Crippen LogP contribution in [0.25, 0.3) is 11.1 Å². The number of ketones is 1. The quantitative estimate of drug-likeness (QED) is 0.260. The van der Waals surface area contributed by atoms with Gasteiger partial charge in [0.15, 0.2) is 11.5 Å². The van der Waals surface area contributed by atoms with Crippen molar-refractivity contribution >= 4 is 5.78 Å². The van der Waals surface area contributed by atoms with E-state index in [1.807, 2.05) is 19.1 Å². The van der Waals surface area contributed by atoms with Gasteiger partial charge in [0, 0.05) is 29.7 Å². The van der Waals surface area contributed by atoms with Crippen LogP contribution in [0.3, 0.4) is 0 Å². The molecule has 2 aromatic heterocycles. The summed E-state index contributed by atoms with van der Waals surface area (Å²) in [7, 11) is 0. The van der Waals surface area contributed by atoms with Gasteiger partial charge in [-0.3, -0.25) is 14.3 Å². The number of hydrogen-bond acceptors (Lipinski definition) is 4. The Morgan fingerprint density at radius 3 is 2.41 bits per heavy atom. The van der Waals surface area contributed by atoms with Crippen molar-refractivity contribution in [2.45, 2.75) is 64.1 Å². The number of aryl methyl sites for hydroxylation is 1. The van der Waals surface area contributed by atoms with E-state index in [0.29, 0.717) is 30.5 Å². The van der Waals surface area contributed by atoms with Crippen LogP contribution in [0.15, 0.2) is 53.6 Å². The Kier molecular flexibility index (Phi) is 7.88. The molecule has 0 saturated carbocycles. The minimum Gasteiger partial charge on any atom is -0.313 e. The van der Waals surface area contributed by atoms with E-state index in [2.05, 4.69) is 15.1 Å². The average Bonchev–Trinajstić information content (AvgIpc) is 3.27. The zero-order valence-electron chi connectivity index (χ0n) is 22.2. The molecule has 1 aliphatic rings. The molecule has 0 unspecified atom stereocenters. The largest absolute Gasteiger partial charge is 0.435 e. The maximum atomic E-state index is 14.1.